The Bertz CT molecular complexity index is 3030. The fourth-order valence-electron chi connectivity index (χ4n) is 10.1. The lowest BCUT2D eigenvalue weighted by atomic mass is 10.2. The van der Waals surface area contributed by atoms with Gasteiger partial charge in [-0.15, -0.1) is 0 Å². The standard InChI is InChI=1S/3C9H15N.7C7H12N2/c3*1-6-7(2)9(4)10(5)8(6)3;4*1-5-6(2)9(4)7(3)8-5;3*1-5-6(2)8-9(4)7(5)3/h3*1-5H3;7*1-4H3. The van der Waals surface area contributed by atoms with Gasteiger partial charge in [-0.3, -0.25) is 14.0 Å². The molecule has 0 fully saturated rings. The number of nitrogens with zero attached hydrogens (tertiary/aromatic N) is 17. The Hall–Kier alpha value is -7.69. The first kappa shape index (κ1) is 83.3. The summed E-state index contributed by atoms with van der Waals surface area (Å²) in [6, 6.07) is 0. The zero-order chi connectivity index (χ0) is 72.8. The third-order valence-corrected chi connectivity index (χ3v) is 20.9. The Morgan fingerprint density at radius 3 is 0.323 bits per heavy atom. The van der Waals surface area contributed by atoms with Crippen molar-refractivity contribution in [3.63, 3.8) is 0 Å². The molecule has 0 spiro atoms. The monoisotopic (exact) mass is 1280 g/mol. The van der Waals surface area contributed by atoms with Crippen molar-refractivity contribution in [3.8, 4) is 0 Å². The highest BCUT2D eigenvalue weighted by Gasteiger charge is 2.10. The van der Waals surface area contributed by atoms with Crippen LogP contribution in [0.15, 0.2) is 0 Å². The largest absolute Gasteiger partial charge is 0.352 e. The summed E-state index contributed by atoms with van der Waals surface area (Å²) in [4.78, 5) is 17.1. The number of aromatic nitrogens is 17. The molecule has 0 aliphatic rings. The molecule has 10 rings (SSSR count). The second-order valence-electron chi connectivity index (χ2n) is 25.8. The maximum absolute atomic E-state index is 4.27. The molecule has 0 aliphatic heterocycles. The molecule has 93 heavy (non-hydrogen) atoms. The van der Waals surface area contributed by atoms with E-state index in [2.05, 4.69) is 241 Å². The van der Waals surface area contributed by atoms with E-state index in [1.165, 1.54) is 124 Å². The van der Waals surface area contributed by atoms with E-state index in [0.717, 1.165) is 63.2 Å². The molecule has 10 aromatic heterocycles. The predicted molar refractivity (Wildman–Crippen MR) is 395 cm³/mol. The highest BCUT2D eigenvalue weighted by atomic mass is 15.3. The van der Waals surface area contributed by atoms with Crippen LogP contribution in [0.2, 0.25) is 0 Å². The van der Waals surface area contributed by atoms with Crippen molar-refractivity contribution >= 4 is 0 Å². The third-order valence-electron chi connectivity index (χ3n) is 20.9. The molecule has 0 saturated carbocycles. The molecule has 0 aromatic carbocycles. The number of aryl methyl sites for hydroxylation is 14. The average Bonchev–Trinajstić information content (AvgIpc) is 1.73. The van der Waals surface area contributed by atoms with Crippen molar-refractivity contribution < 1.29 is 0 Å². The van der Waals surface area contributed by atoms with Crippen LogP contribution < -0.4 is 0 Å². The molecule has 0 atom stereocenters. The summed E-state index contributed by atoms with van der Waals surface area (Å²) < 4.78 is 20.8. The van der Waals surface area contributed by atoms with Crippen molar-refractivity contribution in [1.82, 2.24) is 81.2 Å². The van der Waals surface area contributed by atoms with Crippen molar-refractivity contribution in [1.29, 1.82) is 0 Å². The van der Waals surface area contributed by atoms with Crippen LogP contribution >= 0.6 is 0 Å². The number of hydrogen-bond donors (Lipinski definition) is 0. The van der Waals surface area contributed by atoms with Gasteiger partial charge in [-0.1, -0.05) is 0 Å². The van der Waals surface area contributed by atoms with E-state index in [1.54, 1.807) is 0 Å². The molecule has 0 amide bonds. The van der Waals surface area contributed by atoms with Crippen LogP contribution in [0.3, 0.4) is 0 Å². The summed E-state index contributed by atoms with van der Waals surface area (Å²) in [7, 11) is 20.4. The minimum absolute atomic E-state index is 1.09. The molecule has 0 bridgehead atoms. The average molecular weight is 1280 g/mol. The van der Waals surface area contributed by atoms with Gasteiger partial charge in [0.05, 0.1) is 39.9 Å². The summed E-state index contributed by atoms with van der Waals surface area (Å²) in [5, 5.41) is 12.7. The van der Waals surface area contributed by atoms with Crippen molar-refractivity contribution in [2.45, 2.75) is 228 Å². The molecule has 0 N–H and O–H groups in total. The van der Waals surface area contributed by atoms with Crippen LogP contribution in [0, 0.1) is 228 Å². The molecule has 0 saturated heterocycles. The van der Waals surface area contributed by atoms with Crippen LogP contribution in [0.4, 0.5) is 0 Å². The van der Waals surface area contributed by atoms with Gasteiger partial charge in [-0.05, 0) is 279 Å². The first-order chi connectivity index (χ1) is 42.5. The Morgan fingerprint density at radius 1 is 0.151 bits per heavy atom. The third kappa shape index (κ3) is 21.2. The maximum Gasteiger partial charge on any atom is 0.105 e. The van der Waals surface area contributed by atoms with Crippen molar-refractivity contribution in [2.24, 2.45) is 70.5 Å². The van der Waals surface area contributed by atoms with E-state index in [4.69, 9.17) is 0 Å². The van der Waals surface area contributed by atoms with Crippen LogP contribution in [-0.2, 0) is 70.5 Å². The van der Waals surface area contributed by atoms with Crippen LogP contribution in [-0.4, -0.2) is 81.2 Å². The van der Waals surface area contributed by atoms with E-state index < -0.39 is 0 Å². The molecular weight excluding hydrogens is 1150 g/mol. The molecule has 10 aromatic rings. The van der Waals surface area contributed by atoms with Crippen LogP contribution in [0.1, 0.15) is 187 Å². The summed E-state index contributed by atoms with van der Waals surface area (Å²) in [5.74, 6) is 4.35. The number of hydrogen-bond acceptors (Lipinski definition) is 7. The van der Waals surface area contributed by atoms with E-state index >= 15 is 0 Å². The van der Waals surface area contributed by atoms with E-state index in [0.29, 0.717) is 0 Å². The normalized spacial score (nSPS) is 10.3. The molecule has 0 aliphatic carbocycles. The van der Waals surface area contributed by atoms with Gasteiger partial charge in [0.2, 0.25) is 0 Å². The fraction of sp³-hybridized carbons (Fsp3) is 0.566. The smallest absolute Gasteiger partial charge is 0.105 e. The molecular formula is C76H129N17. The molecule has 0 radical (unpaired) electrons. The lowest BCUT2D eigenvalue weighted by Gasteiger charge is -1.98. The van der Waals surface area contributed by atoms with Crippen molar-refractivity contribution in [3.05, 3.63) is 187 Å². The topological polar surface area (TPSA) is 140 Å². The molecule has 0 unspecified atom stereocenters. The van der Waals surface area contributed by atoms with Gasteiger partial charge >= 0.3 is 0 Å². The summed E-state index contributed by atoms with van der Waals surface area (Å²) >= 11 is 0. The lowest BCUT2D eigenvalue weighted by molar-refractivity contribution is 0.730. The predicted octanol–water partition coefficient (Wildman–Crippen LogP) is 16.2. The Labute approximate surface area is 564 Å². The van der Waals surface area contributed by atoms with E-state index in [9.17, 15) is 0 Å². The van der Waals surface area contributed by atoms with Gasteiger partial charge in [0.25, 0.3) is 0 Å². The second kappa shape index (κ2) is 35.5. The molecule has 17 nitrogen and oxygen atoms in total. The Morgan fingerprint density at radius 2 is 0.290 bits per heavy atom. The fourth-order valence-corrected chi connectivity index (χ4v) is 10.1. The van der Waals surface area contributed by atoms with Gasteiger partial charge in [-0.25, -0.2) is 19.9 Å². The van der Waals surface area contributed by atoms with E-state index in [-0.39, 0.29) is 0 Å². The maximum atomic E-state index is 4.27. The first-order valence-corrected chi connectivity index (χ1v) is 32.6. The Kier molecular flexibility index (Phi) is 31.8. The van der Waals surface area contributed by atoms with E-state index in [1.807, 2.05) is 140 Å². The van der Waals surface area contributed by atoms with Gasteiger partial charge in [-0.2, -0.15) is 15.3 Å². The number of imidazole rings is 4. The minimum Gasteiger partial charge on any atom is -0.352 e. The van der Waals surface area contributed by atoms with Crippen LogP contribution in [0.25, 0.3) is 0 Å². The molecule has 10 heterocycles. The highest BCUT2D eigenvalue weighted by Crippen LogP contribution is 2.21. The van der Waals surface area contributed by atoms with Crippen molar-refractivity contribution in [2.75, 3.05) is 0 Å². The second-order valence-corrected chi connectivity index (χ2v) is 25.8. The summed E-state index contributed by atoms with van der Waals surface area (Å²) in [6.45, 7) is 69.1. The zero-order valence-corrected chi connectivity index (χ0v) is 67.1. The zero-order valence-electron chi connectivity index (χ0n) is 67.1. The lowest BCUT2D eigenvalue weighted by Crippen LogP contribution is -1.92. The SMILES string of the molecule is Cc1c(C)c(C)n(C)c1C.Cc1c(C)c(C)n(C)c1C.Cc1c(C)c(C)n(C)c1C.Cc1nc(C)n(C)c1C.Cc1nc(C)n(C)c1C.Cc1nc(C)n(C)c1C.Cc1nc(C)n(C)c1C.Cc1nn(C)c(C)c1C.Cc1nn(C)c(C)c1C.Cc1nn(C)c(C)c1C. The van der Waals surface area contributed by atoms with Gasteiger partial charge in [0, 0.05) is 144 Å². The number of rotatable bonds is 0. The first-order valence-electron chi connectivity index (χ1n) is 32.6. The Balaban J connectivity index is 0.000000517. The molecule has 518 valence electrons. The van der Waals surface area contributed by atoms with Gasteiger partial charge in [0.1, 0.15) is 23.3 Å². The summed E-state index contributed by atoms with van der Waals surface area (Å²) in [6.07, 6.45) is 0. The van der Waals surface area contributed by atoms with Gasteiger partial charge in [0.15, 0.2) is 0 Å². The minimum atomic E-state index is 1.09. The highest BCUT2D eigenvalue weighted by molar-refractivity contribution is 5.36. The summed E-state index contributed by atoms with van der Waals surface area (Å²) in [5.41, 5.74) is 37.5. The van der Waals surface area contributed by atoms with Crippen LogP contribution in [0.5, 0.6) is 0 Å². The quantitative estimate of drug-likeness (QED) is 0.147. The molecule has 17 heteroatoms. The van der Waals surface area contributed by atoms with Gasteiger partial charge < -0.3 is 32.0 Å².